The van der Waals surface area contributed by atoms with Crippen LogP contribution in [0.2, 0.25) is 0 Å². The molecular weight excluding hydrogens is 288 g/mol. The Labute approximate surface area is 139 Å². The van der Waals surface area contributed by atoms with Crippen LogP contribution in [0.5, 0.6) is 0 Å². The van der Waals surface area contributed by atoms with Crippen LogP contribution in [0.1, 0.15) is 34.6 Å². The lowest BCUT2D eigenvalue weighted by Gasteiger charge is -2.62. The van der Waals surface area contributed by atoms with Gasteiger partial charge in [-0.1, -0.05) is 32.0 Å². The Morgan fingerprint density at radius 3 is 2.39 bits per heavy atom. The first kappa shape index (κ1) is 17.3. The van der Waals surface area contributed by atoms with Gasteiger partial charge >= 0.3 is 0 Å². The molecule has 5 heteroatoms. The number of hydrogen-bond acceptors (Lipinski definition) is 2. The summed E-state index contributed by atoms with van der Waals surface area (Å²) in [7, 11) is 0. The normalized spacial score (nSPS) is 19.0. The lowest BCUT2D eigenvalue weighted by Crippen LogP contribution is -2.72. The van der Waals surface area contributed by atoms with Gasteiger partial charge in [-0.05, 0) is 32.9 Å². The monoisotopic (exact) mass is 316 g/mol. The molecule has 23 heavy (non-hydrogen) atoms. The molecule has 1 aromatic carbocycles. The maximum absolute atomic E-state index is 12.1. The number of carbonyl (C=O) groups excluding carboxylic acids is 1. The van der Waals surface area contributed by atoms with Gasteiger partial charge < -0.3 is 15.5 Å². The Kier molecular flexibility index (Phi) is 4.97. The largest absolute Gasteiger partial charge is 0.356 e. The Balaban J connectivity index is 2.01. The van der Waals surface area contributed by atoms with Gasteiger partial charge in [-0.25, -0.2) is 4.99 Å². The van der Waals surface area contributed by atoms with E-state index in [0.29, 0.717) is 0 Å². The first-order chi connectivity index (χ1) is 10.8. The number of anilines is 1. The number of aliphatic imine (C=N–C) groups is 1. The Morgan fingerprint density at radius 2 is 1.87 bits per heavy atom. The summed E-state index contributed by atoms with van der Waals surface area (Å²) < 4.78 is 0. The van der Waals surface area contributed by atoms with E-state index in [1.807, 2.05) is 37.3 Å². The van der Waals surface area contributed by atoms with Gasteiger partial charge in [-0.15, -0.1) is 0 Å². The number of benzene rings is 1. The number of amides is 1. The van der Waals surface area contributed by atoms with Gasteiger partial charge in [0.25, 0.3) is 0 Å². The molecule has 0 unspecified atom stereocenters. The van der Waals surface area contributed by atoms with E-state index >= 15 is 0 Å². The molecule has 1 aliphatic rings. The standard InChI is InChI=1S/C18H28N4O/c1-6-19-16(22-13-17(2,3)18(22,4)5)20-12-15(23)21-14-10-8-7-9-11-14/h7-11H,6,12-13H2,1-5H3,(H,19,20)(H,21,23). The van der Waals surface area contributed by atoms with Crippen molar-refractivity contribution in [1.82, 2.24) is 10.2 Å². The molecule has 0 aromatic heterocycles. The predicted molar refractivity (Wildman–Crippen MR) is 95.6 cm³/mol. The van der Waals surface area contributed by atoms with Crippen LogP contribution in [-0.4, -0.2) is 41.9 Å². The highest BCUT2D eigenvalue weighted by atomic mass is 16.1. The molecule has 1 aliphatic heterocycles. The zero-order chi connectivity index (χ0) is 17.1. The van der Waals surface area contributed by atoms with Gasteiger partial charge in [-0.3, -0.25) is 4.79 Å². The number of likely N-dealkylation sites (tertiary alicyclic amines) is 1. The first-order valence-corrected chi connectivity index (χ1v) is 8.19. The van der Waals surface area contributed by atoms with Crippen LogP contribution in [0.3, 0.4) is 0 Å². The van der Waals surface area contributed by atoms with Gasteiger partial charge in [0.2, 0.25) is 5.91 Å². The van der Waals surface area contributed by atoms with Crippen molar-refractivity contribution < 1.29 is 4.79 Å². The highest BCUT2D eigenvalue weighted by molar-refractivity contribution is 5.94. The fraction of sp³-hybridized carbons (Fsp3) is 0.556. The molecule has 5 nitrogen and oxygen atoms in total. The maximum atomic E-state index is 12.1. The summed E-state index contributed by atoms with van der Waals surface area (Å²) in [5.74, 6) is 0.698. The second-order valence-corrected chi connectivity index (χ2v) is 7.11. The van der Waals surface area contributed by atoms with Gasteiger partial charge in [0, 0.05) is 29.7 Å². The van der Waals surface area contributed by atoms with Crippen molar-refractivity contribution >= 4 is 17.6 Å². The Bertz CT molecular complexity index is 578. The third-order valence-electron chi connectivity index (χ3n) is 4.90. The third kappa shape index (κ3) is 3.66. The molecule has 126 valence electrons. The molecule has 2 rings (SSSR count). The molecule has 1 aromatic rings. The number of para-hydroxylation sites is 1. The van der Waals surface area contributed by atoms with Crippen LogP contribution >= 0.6 is 0 Å². The van der Waals surface area contributed by atoms with E-state index < -0.39 is 0 Å². The summed E-state index contributed by atoms with van der Waals surface area (Å²) in [6, 6.07) is 9.45. The van der Waals surface area contributed by atoms with Gasteiger partial charge in [0.15, 0.2) is 5.96 Å². The SMILES string of the molecule is CCNC(=NCC(=O)Nc1ccccc1)N1CC(C)(C)C1(C)C. The molecule has 0 bridgehead atoms. The summed E-state index contributed by atoms with van der Waals surface area (Å²) in [5.41, 5.74) is 1.04. The molecule has 1 saturated heterocycles. The Morgan fingerprint density at radius 1 is 1.22 bits per heavy atom. The van der Waals surface area contributed by atoms with Crippen molar-refractivity contribution in [2.24, 2.45) is 10.4 Å². The van der Waals surface area contributed by atoms with Gasteiger partial charge in [0.1, 0.15) is 6.54 Å². The summed E-state index contributed by atoms with van der Waals surface area (Å²) in [6.45, 7) is 12.8. The highest BCUT2D eigenvalue weighted by Crippen LogP contribution is 2.46. The number of nitrogens with one attached hydrogen (secondary N) is 2. The quantitative estimate of drug-likeness (QED) is 0.663. The minimum Gasteiger partial charge on any atom is -0.356 e. The molecule has 0 aliphatic carbocycles. The Hall–Kier alpha value is -2.04. The minimum atomic E-state index is -0.107. The second kappa shape index (κ2) is 6.60. The number of carbonyl (C=O) groups is 1. The molecule has 0 spiro atoms. The van der Waals surface area contributed by atoms with Crippen LogP contribution in [-0.2, 0) is 4.79 Å². The van der Waals surface area contributed by atoms with Crippen LogP contribution in [0.15, 0.2) is 35.3 Å². The molecular formula is C18H28N4O. The lowest BCUT2D eigenvalue weighted by molar-refractivity contribution is -0.115. The van der Waals surface area contributed by atoms with Crippen LogP contribution in [0.25, 0.3) is 0 Å². The van der Waals surface area contributed by atoms with Crippen LogP contribution in [0, 0.1) is 5.41 Å². The lowest BCUT2D eigenvalue weighted by atomic mass is 9.65. The van der Waals surface area contributed by atoms with Crippen molar-refractivity contribution in [2.75, 3.05) is 25.0 Å². The van der Waals surface area contributed by atoms with Crippen LogP contribution < -0.4 is 10.6 Å². The molecule has 1 heterocycles. The first-order valence-electron chi connectivity index (χ1n) is 8.19. The maximum Gasteiger partial charge on any atom is 0.246 e. The summed E-state index contributed by atoms with van der Waals surface area (Å²) in [6.07, 6.45) is 0. The number of guanidine groups is 1. The van der Waals surface area contributed by atoms with Crippen molar-refractivity contribution in [3.8, 4) is 0 Å². The number of nitrogens with zero attached hydrogens (tertiary/aromatic N) is 2. The molecule has 2 N–H and O–H groups in total. The smallest absolute Gasteiger partial charge is 0.246 e. The summed E-state index contributed by atoms with van der Waals surface area (Å²) in [4.78, 5) is 18.8. The molecule has 1 fully saturated rings. The topological polar surface area (TPSA) is 56.7 Å². The fourth-order valence-electron chi connectivity index (χ4n) is 2.66. The van der Waals surface area contributed by atoms with Crippen molar-refractivity contribution in [2.45, 2.75) is 40.2 Å². The van der Waals surface area contributed by atoms with Crippen LogP contribution in [0.4, 0.5) is 5.69 Å². The summed E-state index contributed by atoms with van der Waals surface area (Å²) >= 11 is 0. The van der Waals surface area contributed by atoms with Gasteiger partial charge in [0.05, 0.1) is 0 Å². The zero-order valence-corrected chi connectivity index (χ0v) is 14.8. The highest BCUT2D eigenvalue weighted by Gasteiger charge is 2.53. The van der Waals surface area contributed by atoms with E-state index in [9.17, 15) is 4.79 Å². The van der Waals surface area contributed by atoms with E-state index in [1.54, 1.807) is 0 Å². The summed E-state index contributed by atoms with van der Waals surface area (Å²) in [5, 5.41) is 6.15. The minimum absolute atomic E-state index is 0.0178. The van der Waals surface area contributed by atoms with Crippen molar-refractivity contribution in [1.29, 1.82) is 0 Å². The number of rotatable bonds is 4. The van der Waals surface area contributed by atoms with E-state index in [1.165, 1.54) is 0 Å². The van der Waals surface area contributed by atoms with Crippen molar-refractivity contribution in [3.05, 3.63) is 30.3 Å². The van der Waals surface area contributed by atoms with Crippen molar-refractivity contribution in [3.63, 3.8) is 0 Å². The fourth-order valence-corrected chi connectivity index (χ4v) is 2.66. The number of hydrogen-bond donors (Lipinski definition) is 2. The predicted octanol–water partition coefficient (Wildman–Crippen LogP) is 2.71. The second-order valence-electron chi connectivity index (χ2n) is 7.11. The molecule has 0 saturated carbocycles. The average molecular weight is 316 g/mol. The molecule has 0 atom stereocenters. The van der Waals surface area contributed by atoms with E-state index in [4.69, 9.17) is 0 Å². The molecule has 0 radical (unpaired) electrons. The average Bonchev–Trinajstić information content (AvgIpc) is 2.50. The zero-order valence-electron chi connectivity index (χ0n) is 14.8. The third-order valence-corrected chi connectivity index (χ3v) is 4.90. The van der Waals surface area contributed by atoms with E-state index in [0.717, 1.165) is 24.7 Å². The molecule has 1 amide bonds. The van der Waals surface area contributed by atoms with Gasteiger partial charge in [-0.2, -0.15) is 0 Å². The van der Waals surface area contributed by atoms with E-state index in [-0.39, 0.29) is 23.4 Å². The van der Waals surface area contributed by atoms with E-state index in [2.05, 4.69) is 48.2 Å².